The highest BCUT2D eigenvalue weighted by Crippen LogP contribution is 1.96. The lowest BCUT2D eigenvalue weighted by Gasteiger charge is -2.16. The number of hydrogen-bond acceptors (Lipinski definition) is 5. The Morgan fingerprint density at radius 1 is 1.35 bits per heavy atom. The first-order valence-electron chi connectivity index (χ1n) is 5.66. The molecule has 0 aliphatic rings. The molecule has 0 aromatic heterocycles. The monoisotopic (exact) mass is 263 g/mol. The van der Waals surface area contributed by atoms with Gasteiger partial charge in [-0.1, -0.05) is 6.04 Å². The van der Waals surface area contributed by atoms with Gasteiger partial charge in [0.2, 0.25) is 0 Å². The van der Waals surface area contributed by atoms with Crippen LogP contribution in [0.2, 0.25) is 6.04 Å². The van der Waals surface area contributed by atoms with Crippen molar-refractivity contribution < 1.29 is 23.8 Å². The summed E-state index contributed by atoms with van der Waals surface area (Å²) in [5.74, 6) is -0.411. The van der Waals surface area contributed by atoms with E-state index >= 15 is 0 Å². The maximum absolute atomic E-state index is 11.3. The summed E-state index contributed by atoms with van der Waals surface area (Å²) in [4.78, 5) is 22.0. The highest BCUT2D eigenvalue weighted by Gasteiger charge is 2.15. The zero-order valence-electron chi connectivity index (χ0n) is 10.7. The van der Waals surface area contributed by atoms with Crippen LogP contribution >= 0.6 is 0 Å². The van der Waals surface area contributed by atoms with Crippen LogP contribution in [0.5, 0.6) is 0 Å². The van der Waals surface area contributed by atoms with Crippen LogP contribution in [0.1, 0.15) is 13.3 Å². The van der Waals surface area contributed by atoms with Crippen LogP contribution in [0.3, 0.4) is 0 Å². The van der Waals surface area contributed by atoms with Gasteiger partial charge in [0.1, 0.15) is 6.61 Å². The molecule has 0 spiro atoms. The summed E-state index contributed by atoms with van der Waals surface area (Å²) in [5.41, 5.74) is 0. The number of nitrogens with one attached hydrogen (secondary N) is 1. The fourth-order valence-electron chi connectivity index (χ4n) is 1.07. The Kier molecular flexibility index (Phi) is 9.45. The number of hydrogen-bond donors (Lipinski definition) is 1. The van der Waals surface area contributed by atoms with Crippen LogP contribution in [-0.4, -0.2) is 55.3 Å². The van der Waals surface area contributed by atoms with E-state index in [1.807, 2.05) is 0 Å². The normalized spacial score (nSPS) is 11.9. The highest BCUT2D eigenvalue weighted by atomic mass is 28.1. The Labute approximate surface area is 104 Å². The van der Waals surface area contributed by atoms with E-state index in [0.29, 0.717) is 6.54 Å². The van der Waals surface area contributed by atoms with Crippen LogP contribution in [0.15, 0.2) is 0 Å². The lowest BCUT2D eigenvalue weighted by molar-refractivity contribution is -0.144. The van der Waals surface area contributed by atoms with Gasteiger partial charge in [0.05, 0.1) is 6.61 Å². The SMILES string of the molecule is COCC(COC(C)=O)OC(=O)NCCC[SiH3]. The van der Waals surface area contributed by atoms with Crippen LogP contribution in [0, 0.1) is 0 Å². The molecule has 100 valence electrons. The molecule has 0 rings (SSSR count). The second-order valence-electron chi connectivity index (χ2n) is 3.57. The third-order valence-electron chi connectivity index (χ3n) is 1.90. The Bertz CT molecular complexity index is 237. The van der Waals surface area contributed by atoms with Crippen molar-refractivity contribution in [3.8, 4) is 0 Å². The second-order valence-corrected chi connectivity index (χ2v) is 4.57. The minimum atomic E-state index is -0.570. The van der Waals surface area contributed by atoms with E-state index < -0.39 is 18.2 Å². The number of carbonyl (C=O) groups excluding carboxylic acids is 2. The number of esters is 1. The Morgan fingerprint density at radius 3 is 2.59 bits per heavy atom. The molecule has 7 heteroatoms. The molecule has 1 atom stereocenters. The molecule has 0 fully saturated rings. The van der Waals surface area contributed by atoms with Crippen molar-refractivity contribution in [1.29, 1.82) is 0 Å². The lowest BCUT2D eigenvalue weighted by atomic mass is 10.4. The topological polar surface area (TPSA) is 73.9 Å². The van der Waals surface area contributed by atoms with Crippen LogP contribution in [0.4, 0.5) is 4.79 Å². The molecule has 0 saturated carbocycles. The molecule has 1 N–H and O–H groups in total. The maximum atomic E-state index is 11.3. The molecule has 1 unspecified atom stereocenters. The fraction of sp³-hybridized carbons (Fsp3) is 0.800. The summed E-state index contributed by atoms with van der Waals surface area (Å²) in [7, 11) is 2.62. The molecular formula is C10H21NO5Si. The van der Waals surface area contributed by atoms with Crippen molar-refractivity contribution in [2.45, 2.75) is 25.5 Å². The molecule has 6 nitrogen and oxygen atoms in total. The number of alkyl carbamates (subject to hydrolysis) is 1. The van der Waals surface area contributed by atoms with Gasteiger partial charge in [0.15, 0.2) is 6.10 Å². The first kappa shape index (κ1) is 15.9. The maximum Gasteiger partial charge on any atom is 0.407 e. The minimum Gasteiger partial charge on any atom is -0.462 e. The van der Waals surface area contributed by atoms with Crippen LogP contribution in [0.25, 0.3) is 0 Å². The van der Waals surface area contributed by atoms with E-state index in [9.17, 15) is 9.59 Å². The van der Waals surface area contributed by atoms with Gasteiger partial charge in [-0.05, 0) is 6.42 Å². The molecule has 17 heavy (non-hydrogen) atoms. The zero-order chi connectivity index (χ0) is 13.1. The average molecular weight is 263 g/mol. The average Bonchev–Trinajstić information content (AvgIpc) is 2.26. The Morgan fingerprint density at radius 2 is 2.06 bits per heavy atom. The lowest BCUT2D eigenvalue weighted by Crippen LogP contribution is -2.34. The van der Waals surface area contributed by atoms with Crippen molar-refractivity contribution in [2.24, 2.45) is 0 Å². The highest BCUT2D eigenvalue weighted by molar-refractivity contribution is 6.08. The molecule has 0 bridgehead atoms. The smallest absolute Gasteiger partial charge is 0.407 e. The van der Waals surface area contributed by atoms with E-state index in [4.69, 9.17) is 14.2 Å². The van der Waals surface area contributed by atoms with Crippen molar-refractivity contribution in [2.75, 3.05) is 26.9 Å². The number of rotatable bonds is 8. The van der Waals surface area contributed by atoms with Crippen molar-refractivity contribution in [3.05, 3.63) is 0 Å². The summed E-state index contributed by atoms with van der Waals surface area (Å²) in [5, 5.41) is 2.63. The number of ether oxygens (including phenoxy) is 3. The molecular weight excluding hydrogens is 242 g/mol. The number of methoxy groups -OCH3 is 1. The summed E-state index contributed by atoms with van der Waals surface area (Å²) in [6, 6.07) is 1.13. The van der Waals surface area contributed by atoms with Gasteiger partial charge >= 0.3 is 12.1 Å². The van der Waals surface area contributed by atoms with Crippen LogP contribution in [-0.2, 0) is 19.0 Å². The first-order chi connectivity index (χ1) is 8.10. The largest absolute Gasteiger partial charge is 0.462 e. The molecule has 0 aliphatic heterocycles. The molecule has 0 radical (unpaired) electrons. The van der Waals surface area contributed by atoms with Gasteiger partial charge in [0.25, 0.3) is 0 Å². The molecule has 0 aromatic rings. The third-order valence-corrected chi connectivity index (χ3v) is 2.61. The standard InChI is InChI=1S/C10H21NO5Si/c1-8(12)15-7-9(6-14-2)16-10(13)11-4-3-5-17/h9H,3-7H2,1-2,17H3,(H,11,13). The summed E-state index contributed by atoms with van der Waals surface area (Å²) in [6.45, 7) is 2.11. The predicted octanol–water partition coefficient (Wildman–Crippen LogP) is -0.536. The van der Waals surface area contributed by atoms with Gasteiger partial charge in [-0.3, -0.25) is 4.79 Å². The summed E-state index contributed by atoms with van der Waals surface area (Å²) < 4.78 is 14.7. The fourth-order valence-corrected chi connectivity index (χ4v) is 1.43. The molecule has 0 heterocycles. The van der Waals surface area contributed by atoms with Crippen molar-refractivity contribution in [3.63, 3.8) is 0 Å². The van der Waals surface area contributed by atoms with Crippen LogP contribution < -0.4 is 5.32 Å². The third kappa shape index (κ3) is 9.82. The van der Waals surface area contributed by atoms with E-state index in [1.165, 1.54) is 14.0 Å². The van der Waals surface area contributed by atoms with Gasteiger partial charge in [-0.15, -0.1) is 0 Å². The number of amides is 1. The molecule has 1 amide bonds. The first-order valence-corrected chi connectivity index (χ1v) is 7.08. The summed E-state index contributed by atoms with van der Waals surface area (Å²) >= 11 is 0. The molecule has 0 aromatic carbocycles. The zero-order valence-corrected chi connectivity index (χ0v) is 12.7. The van der Waals surface area contributed by atoms with Gasteiger partial charge in [0, 0.05) is 30.8 Å². The second kappa shape index (κ2) is 10.1. The quantitative estimate of drug-likeness (QED) is 0.362. The Hall–Kier alpha value is -1.08. The van der Waals surface area contributed by atoms with Gasteiger partial charge in [-0.2, -0.15) is 0 Å². The van der Waals surface area contributed by atoms with E-state index in [-0.39, 0.29) is 13.2 Å². The van der Waals surface area contributed by atoms with Gasteiger partial charge in [-0.25, -0.2) is 4.79 Å². The molecule has 0 aliphatic carbocycles. The van der Waals surface area contributed by atoms with E-state index in [1.54, 1.807) is 0 Å². The van der Waals surface area contributed by atoms with E-state index in [2.05, 4.69) is 5.32 Å². The van der Waals surface area contributed by atoms with Gasteiger partial charge < -0.3 is 19.5 Å². The van der Waals surface area contributed by atoms with Crippen molar-refractivity contribution >= 4 is 22.3 Å². The molecule has 0 saturated heterocycles. The van der Waals surface area contributed by atoms with E-state index in [0.717, 1.165) is 22.7 Å². The number of carbonyl (C=O) groups is 2. The minimum absolute atomic E-state index is 0.0112. The van der Waals surface area contributed by atoms with Crippen molar-refractivity contribution in [1.82, 2.24) is 5.32 Å². The Balaban J connectivity index is 3.88. The summed E-state index contributed by atoms with van der Waals surface area (Å²) in [6.07, 6.45) is -0.116. The predicted molar refractivity (Wildman–Crippen MR) is 66.1 cm³/mol.